The number of aliphatic hydroxyl groups excluding tert-OH is 1. The van der Waals surface area contributed by atoms with Crippen molar-refractivity contribution in [3.05, 3.63) is 40.9 Å². The summed E-state index contributed by atoms with van der Waals surface area (Å²) >= 11 is 3.47. The van der Waals surface area contributed by atoms with Gasteiger partial charge in [0.2, 0.25) is 0 Å². The van der Waals surface area contributed by atoms with Crippen LogP contribution in [0.4, 0.5) is 0 Å². The molecule has 2 nitrogen and oxygen atoms in total. The number of aliphatic hydroxyl groups is 1. The topological polar surface area (TPSA) is 29.5 Å². The highest BCUT2D eigenvalue weighted by molar-refractivity contribution is 9.10. The average molecular weight is 321 g/mol. The molecule has 2 aromatic carbocycles. The van der Waals surface area contributed by atoms with Gasteiger partial charge in [-0.2, -0.15) is 0 Å². The van der Waals surface area contributed by atoms with E-state index in [1.165, 1.54) is 5.39 Å². The first-order valence-electron chi connectivity index (χ1n) is 6.76. The maximum Gasteiger partial charge on any atom is 0.124 e. The van der Waals surface area contributed by atoms with Crippen LogP contribution >= 0.6 is 15.9 Å². The van der Waals surface area contributed by atoms with Gasteiger partial charge in [0.15, 0.2) is 0 Å². The van der Waals surface area contributed by atoms with Gasteiger partial charge in [0, 0.05) is 4.47 Å². The van der Waals surface area contributed by atoms with Crippen LogP contribution in [0.25, 0.3) is 10.8 Å². The van der Waals surface area contributed by atoms with Crippen molar-refractivity contribution in [3.8, 4) is 5.75 Å². The van der Waals surface area contributed by atoms with Crippen LogP contribution < -0.4 is 4.74 Å². The molecule has 2 unspecified atom stereocenters. The lowest BCUT2D eigenvalue weighted by molar-refractivity contribution is 0.00694. The smallest absolute Gasteiger partial charge is 0.124 e. The molecule has 100 valence electrons. The van der Waals surface area contributed by atoms with Crippen molar-refractivity contribution in [1.82, 2.24) is 0 Å². The van der Waals surface area contributed by atoms with Gasteiger partial charge in [-0.3, -0.25) is 0 Å². The molecule has 2 atom stereocenters. The number of halogens is 1. The van der Waals surface area contributed by atoms with Gasteiger partial charge < -0.3 is 9.84 Å². The predicted molar refractivity (Wildman–Crippen MR) is 80.5 cm³/mol. The number of rotatable bonds is 2. The Hall–Kier alpha value is -1.06. The molecule has 0 radical (unpaired) electrons. The molecule has 0 spiro atoms. The molecule has 2 aromatic rings. The third kappa shape index (κ3) is 2.93. The van der Waals surface area contributed by atoms with E-state index >= 15 is 0 Å². The number of hydrogen-bond acceptors (Lipinski definition) is 2. The van der Waals surface area contributed by atoms with E-state index in [1.54, 1.807) is 0 Å². The molecule has 0 aromatic heterocycles. The van der Waals surface area contributed by atoms with Crippen molar-refractivity contribution >= 4 is 26.7 Å². The Kier molecular flexibility index (Phi) is 3.76. The van der Waals surface area contributed by atoms with Crippen molar-refractivity contribution in [2.75, 3.05) is 0 Å². The summed E-state index contributed by atoms with van der Waals surface area (Å²) in [7, 11) is 0. The van der Waals surface area contributed by atoms with Crippen LogP contribution in [0, 0.1) is 0 Å². The number of benzene rings is 2. The van der Waals surface area contributed by atoms with Crippen LogP contribution in [-0.4, -0.2) is 17.3 Å². The molecule has 3 heteroatoms. The molecular formula is C16H17BrO2. The molecule has 3 rings (SSSR count). The normalized spacial score (nSPS) is 23.5. The summed E-state index contributed by atoms with van der Waals surface area (Å²) < 4.78 is 7.02. The Morgan fingerprint density at radius 3 is 2.58 bits per heavy atom. The van der Waals surface area contributed by atoms with Gasteiger partial charge in [0.05, 0.1) is 6.10 Å². The molecule has 0 bridgehead atoms. The Morgan fingerprint density at radius 2 is 1.74 bits per heavy atom. The standard InChI is InChI=1S/C16H17BrO2/c17-13-7-5-12-10-14(8-6-11(12)9-13)19-16-4-2-1-3-15(16)18/h5-10,15-16,18H,1-4H2. The average Bonchev–Trinajstić information content (AvgIpc) is 2.41. The van der Waals surface area contributed by atoms with Crippen LogP contribution in [0.5, 0.6) is 5.75 Å². The van der Waals surface area contributed by atoms with Gasteiger partial charge in [-0.05, 0) is 54.3 Å². The fourth-order valence-electron chi connectivity index (χ4n) is 2.66. The first kappa shape index (κ1) is 12.9. The maximum atomic E-state index is 9.95. The Morgan fingerprint density at radius 1 is 1.00 bits per heavy atom. The summed E-state index contributed by atoms with van der Waals surface area (Å²) in [6.45, 7) is 0. The highest BCUT2D eigenvalue weighted by Gasteiger charge is 2.24. The maximum absolute atomic E-state index is 9.95. The minimum Gasteiger partial charge on any atom is -0.488 e. The molecule has 1 aliphatic rings. The van der Waals surface area contributed by atoms with E-state index in [2.05, 4.69) is 34.1 Å². The van der Waals surface area contributed by atoms with Crippen LogP contribution in [0.15, 0.2) is 40.9 Å². The van der Waals surface area contributed by atoms with Gasteiger partial charge in [-0.1, -0.05) is 34.5 Å². The molecule has 1 fully saturated rings. The predicted octanol–water partition coefficient (Wildman–Crippen LogP) is 4.28. The molecule has 0 heterocycles. The summed E-state index contributed by atoms with van der Waals surface area (Å²) in [5.74, 6) is 0.848. The summed E-state index contributed by atoms with van der Waals surface area (Å²) in [4.78, 5) is 0. The molecule has 0 saturated heterocycles. The third-order valence-electron chi connectivity index (χ3n) is 3.73. The van der Waals surface area contributed by atoms with Gasteiger partial charge in [0.25, 0.3) is 0 Å². The van der Waals surface area contributed by atoms with Crippen molar-refractivity contribution in [2.45, 2.75) is 37.9 Å². The second-order valence-corrected chi connectivity index (χ2v) is 6.08. The second kappa shape index (κ2) is 5.51. The van der Waals surface area contributed by atoms with Crippen molar-refractivity contribution < 1.29 is 9.84 Å². The SMILES string of the molecule is OC1CCCCC1Oc1ccc2cc(Br)ccc2c1. The lowest BCUT2D eigenvalue weighted by Gasteiger charge is -2.28. The highest BCUT2D eigenvalue weighted by atomic mass is 79.9. The van der Waals surface area contributed by atoms with Crippen LogP contribution in [0.3, 0.4) is 0 Å². The molecule has 1 N–H and O–H groups in total. The Balaban J connectivity index is 1.83. The monoisotopic (exact) mass is 320 g/mol. The van der Waals surface area contributed by atoms with E-state index in [-0.39, 0.29) is 12.2 Å². The van der Waals surface area contributed by atoms with Crippen LogP contribution in [0.2, 0.25) is 0 Å². The fraction of sp³-hybridized carbons (Fsp3) is 0.375. The minimum atomic E-state index is -0.325. The van der Waals surface area contributed by atoms with Crippen molar-refractivity contribution in [1.29, 1.82) is 0 Å². The van der Waals surface area contributed by atoms with E-state index in [9.17, 15) is 5.11 Å². The van der Waals surface area contributed by atoms with Gasteiger partial charge in [0.1, 0.15) is 11.9 Å². The zero-order valence-electron chi connectivity index (χ0n) is 10.7. The zero-order valence-corrected chi connectivity index (χ0v) is 12.3. The first-order chi connectivity index (χ1) is 9.22. The molecule has 1 aliphatic carbocycles. The van der Waals surface area contributed by atoms with Gasteiger partial charge in [-0.15, -0.1) is 0 Å². The molecule has 0 amide bonds. The van der Waals surface area contributed by atoms with E-state index < -0.39 is 0 Å². The van der Waals surface area contributed by atoms with Gasteiger partial charge in [-0.25, -0.2) is 0 Å². The summed E-state index contributed by atoms with van der Waals surface area (Å²) in [6, 6.07) is 12.3. The minimum absolute atomic E-state index is 0.0540. The Labute approximate surface area is 121 Å². The van der Waals surface area contributed by atoms with Crippen LogP contribution in [-0.2, 0) is 0 Å². The lowest BCUT2D eigenvalue weighted by atomic mass is 9.95. The summed E-state index contributed by atoms with van der Waals surface area (Å²) in [6.07, 6.45) is 3.66. The van der Waals surface area contributed by atoms with Crippen molar-refractivity contribution in [3.63, 3.8) is 0 Å². The molecule has 0 aliphatic heterocycles. The van der Waals surface area contributed by atoms with Gasteiger partial charge >= 0.3 is 0 Å². The first-order valence-corrected chi connectivity index (χ1v) is 7.56. The molecular weight excluding hydrogens is 304 g/mol. The number of fused-ring (bicyclic) bond motifs is 1. The molecule has 1 saturated carbocycles. The highest BCUT2D eigenvalue weighted by Crippen LogP contribution is 2.27. The largest absolute Gasteiger partial charge is 0.488 e. The summed E-state index contributed by atoms with van der Waals surface area (Å²) in [5.41, 5.74) is 0. The van der Waals surface area contributed by atoms with E-state index in [4.69, 9.17) is 4.74 Å². The second-order valence-electron chi connectivity index (χ2n) is 5.16. The third-order valence-corrected chi connectivity index (χ3v) is 4.22. The summed E-state index contributed by atoms with van der Waals surface area (Å²) in [5, 5.41) is 12.3. The Bertz CT molecular complexity index is 582. The number of hydrogen-bond donors (Lipinski definition) is 1. The lowest BCUT2D eigenvalue weighted by Crippen LogP contribution is -2.34. The van der Waals surface area contributed by atoms with E-state index in [1.807, 2.05) is 18.2 Å². The molecule has 19 heavy (non-hydrogen) atoms. The quantitative estimate of drug-likeness (QED) is 0.894. The zero-order chi connectivity index (χ0) is 13.2. The van der Waals surface area contributed by atoms with Crippen molar-refractivity contribution in [2.24, 2.45) is 0 Å². The number of ether oxygens (including phenoxy) is 1. The van der Waals surface area contributed by atoms with Crippen LogP contribution in [0.1, 0.15) is 25.7 Å². The van der Waals surface area contributed by atoms with E-state index in [0.717, 1.165) is 41.3 Å². The fourth-order valence-corrected chi connectivity index (χ4v) is 3.04. The van der Waals surface area contributed by atoms with E-state index in [0.29, 0.717) is 0 Å².